The zero-order valence-electron chi connectivity index (χ0n) is 21.7. The summed E-state index contributed by atoms with van der Waals surface area (Å²) in [6, 6.07) is 10.7. The SMILES string of the molecule is CCCCCCCCCCCCCCC1(O)C(C)=C(C)C2=[N+](Cc3ccccc3)CCCN21. The Labute approximate surface area is 203 Å². The van der Waals surface area contributed by atoms with Crippen molar-refractivity contribution in [3.05, 3.63) is 47.0 Å². The lowest BCUT2D eigenvalue weighted by Gasteiger charge is -2.34. The minimum Gasteiger partial charge on any atom is -0.350 e. The fourth-order valence-corrected chi connectivity index (χ4v) is 5.77. The van der Waals surface area contributed by atoms with Gasteiger partial charge in [-0.3, -0.25) is 4.58 Å². The van der Waals surface area contributed by atoms with Crippen LogP contribution in [-0.4, -0.2) is 39.2 Å². The fraction of sp³-hybridized carbons (Fsp3) is 0.700. The predicted molar refractivity (Wildman–Crippen MR) is 141 cm³/mol. The molecule has 0 saturated heterocycles. The first-order chi connectivity index (χ1) is 16.1. The van der Waals surface area contributed by atoms with E-state index in [9.17, 15) is 5.11 Å². The largest absolute Gasteiger partial charge is 0.350 e. The minimum absolute atomic E-state index is 0.784. The number of unbranched alkanes of at least 4 members (excludes halogenated alkanes) is 11. The summed E-state index contributed by atoms with van der Waals surface area (Å²) in [5, 5.41) is 11.8. The molecule has 0 spiro atoms. The molecular formula is C30H49N2O+. The lowest BCUT2D eigenvalue weighted by Crippen LogP contribution is -2.53. The van der Waals surface area contributed by atoms with Crippen LogP contribution < -0.4 is 0 Å². The van der Waals surface area contributed by atoms with Crippen molar-refractivity contribution in [2.24, 2.45) is 0 Å². The second-order valence-electron chi connectivity index (χ2n) is 10.4. The van der Waals surface area contributed by atoms with Gasteiger partial charge in [-0.15, -0.1) is 0 Å². The summed E-state index contributed by atoms with van der Waals surface area (Å²) in [7, 11) is 0. The van der Waals surface area contributed by atoms with Crippen molar-refractivity contribution >= 4 is 5.84 Å². The number of hydrogen-bond acceptors (Lipinski definition) is 2. The summed E-state index contributed by atoms with van der Waals surface area (Å²) >= 11 is 0. The molecule has 3 nitrogen and oxygen atoms in total. The molecule has 1 atom stereocenters. The smallest absolute Gasteiger partial charge is 0.277 e. The third kappa shape index (κ3) is 6.94. The number of fused-ring (bicyclic) bond motifs is 1. The first-order valence-corrected chi connectivity index (χ1v) is 13.9. The fourth-order valence-electron chi connectivity index (χ4n) is 5.77. The topological polar surface area (TPSA) is 26.5 Å². The molecule has 33 heavy (non-hydrogen) atoms. The van der Waals surface area contributed by atoms with E-state index >= 15 is 0 Å². The van der Waals surface area contributed by atoms with Gasteiger partial charge >= 0.3 is 0 Å². The Morgan fingerprint density at radius 1 is 0.848 bits per heavy atom. The van der Waals surface area contributed by atoms with E-state index in [1.807, 2.05) is 0 Å². The standard InChI is InChI=1S/C30H49N2O/c1-4-5-6-7-8-9-10-11-12-13-14-18-22-30(33)27(3)26(2)29-31(23-19-24-32(29)30)25-28-20-16-15-17-21-28/h15-17,20-21,33H,4-14,18-19,22-25H2,1-3H3/q+1. The molecule has 3 rings (SSSR count). The quantitative estimate of drug-likeness (QED) is 0.221. The van der Waals surface area contributed by atoms with E-state index < -0.39 is 5.72 Å². The van der Waals surface area contributed by atoms with E-state index in [0.717, 1.165) is 38.9 Å². The van der Waals surface area contributed by atoms with Crippen molar-refractivity contribution in [1.82, 2.24) is 4.90 Å². The van der Waals surface area contributed by atoms with Gasteiger partial charge in [0.1, 0.15) is 6.54 Å². The zero-order chi connectivity index (χ0) is 23.5. The first-order valence-electron chi connectivity index (χ1n) is 13.9. The Morgan fingerprint density at radius 2 is 1.42 bits per heavy atom. The zero-order valence-corrected chi connectivity index (χ0v) is 21.7. The molecule has 3 heteroatoms. The average molecular weight is 454 g/mol. The van der Waals surface area contributed by atoms with Crippen LogP contribution in [-0.2, 0) is 6.54 Å². The van der Waals surface area contributed by atoms with Gasteiger partial charge in [0.2, 0.25) is 5.72 Å². The normalized spacial score (nSPS) is 20.7. The molecular weight excluding hydrogens is 404 g/mol. The van der Waals surface area contributed by atoms with Crippen LogP contribution >= 0.6 is 0 Å². The van der Waals surface area contributed by atoms with E-state index in [4.69, 9.17) is 0 Å². The minimum atomic E-state index is -0.784. The second-order valence-corrected chi connectivity index (χ2v) is 10.4. The van der Waals surface area contributed by atoms with E-state index in [1.165, 1.54) is 93.2 Å². The van der Waals surface area contributed by atoms with E-state index in [-0.39, 0.29) is 0 Å². The van der Waals surface area contributed by atoms with Crippen molar-refractivity contribution in [3.63, 3.8) is 0 Å². The predicted octanol–water partition coefficient (Wildman–Crippen LogP) is 7.43. The van der Waals surface area contributed by atoms with Crippen LogP contribution in [0.1, 0.15) is 116 Å². The van der Waals surface area contributed by atoms with Gasteiger partial charge in [0, 0.05) is 24.0 Å². The van der Waals surface area contributed by atoms with Crippen LogP contribution in [0.2, 0.25) is 0 Å². The molecule has 0 radical (unpaired) electrons. The van der Waals surface area contributed by atoms with Gasteiger partial charge < -0.3 is 5.11 Å². The van der Waals surface area contributed by atoms with E-state index in [0.29, 0.717) is 0 Å². The van der Waals surface area contributed by atoms with Crippen LogP contribution in [0.4, 0.5) is 0 Å². The van der Waals surface area contributed by atoms with Crippen molar-refractivity contribution < 1.29 is 9.68 Å². The van der Waals surface area contributed by atoms with Crippen LogP contribution in [0.15, 0.2) is 41.5 Å². The van der Waals surface area contributed by atoms with Gasteiger partial charge in [0.15, 0.2) is 0 Å². The summed E-state index contributed by atoms with van der Waals surface area (Å²) in [6.45, 7) is 9.60. The molecule has 2 heterocycles. The van der Waals surface area contributed by atoms with Crippen molar-refractivity contribution in [2.45, 2.75) is 123 Å². The maximum atomic E-state index is 11.8. The van der Waals surface area contributed by atoms with Crippen LogP contribution in [0, 0.1) is 0 Å². The number of rotatable bonds is 15. The molecule has 1 aromatic rings. The van der Waals surface area contributed by atoms with Gasteiger partial charge in [0.25, 0.3) is 5.84 Å². The van der Waals surface area contributed by atoms with E-state index in [1.54, 1.807) is 0 Å². The van der Waals surface area contributed by atoms with Crippen LogP contribution in [0.3, 0.4) is 0 Å². The molecule has 1 N–H and O–H groups in total. The van der Waals surface area contributed by atoms with Gasteiger partial charge in [-0.05, 0) is 25.8 Å². The van der Waals surface area contributed by atoms with Crippen molar-refractivity contribution in [1.29, 1.82) is 0 Å². The highest BCUT2D eigenvalue weighted by atomic mass is 16.3. The maximum absolute atomic E-state index is 11.8. The molecule has 1 unspecified atom stereocenters. The molecule has 1 aromatic carbocycles. The van der Waals surface area contributed by atoms with Gasteiger partial charge in [-0.2, -0.15) is 0 Å². The molecule has 0 saturated carbocycles. The number of benzene rings is 1. The Balaban J connectivity index is 1.44. The summed E-state index contributed by atoms with van der Waals surface area (Å²) in [5.41, 5.74) is 3.01. The van der Waals surface area contributed by atoms with Gasteiger partial charge in [-0.1, -0.05) is 108 Å². The highest BCUT2D eigenvalue weighted by Crippen LogP contribution is 2.39. The number of nitrogens with zero attached hydrogens (tertiary/aromatic N) is 2. The third-order valence-electron chi connectivity index (χ3n) is 7.91. The van der Waals surface area contributed by atoms with Crippen molar-refractivity contribution in [3.8, 4) is 0 Å². The molecule has 0 aromatic heterocycles. The molecule has 0 bridgehead atoms. The van der Waals surface area contributed by atoms with Crippen LogP contribution in [0.25, 0.3) is 0 Å². The Hall–Kier alpha value is -1.61. The summed E-state index contributed by atoms with van der Waals surface area (Å²) < 4.78 is 2.48. The summed E-state index contributed by atoms with van der Waals surface area (Å²) in [6.07, 6.45) is 18.2. The van der Waals surface area contributed by atoms with Crippen LogP contribution in [0.5, 0.6) is 0 Å². The van der Waals surface area contributed by atoms with Gasteiger partial charge in [-0.25, -0.2) is 4.90 Å². The third-order valence-corrected chi connectivity index (χ3v) is 7.91. The molecule has 184 valence electrons. The number of amidine groups is 1. The highest BCUT2D eigenvalue weighted by Gasteiger charge is 2.53. The lowest BCUT2D eigenvalue weighted by molar-refractivity contribution is -0.554. The van der Waals surface area contributed by atoms with Gasteiger partial charge in [0.05, 0.1) is 13.1 Å². The monoisotopic (exact) mass is 453 g/mol. The molecule has 2 aliphatic rings. The van der Waals surface area contributed by atoms with Crippen molar-refractivity contribution in [2.75, 3.05) is 13.1 Å². The number of hydrogen-bond donors (Lipinski definition) is 1. The Kier molecular flexibility index (Phi) is 10.5. The Morgan fingerprint density at radius 3 is 2.03 bits per heavy atom. The molecule has 0 fully saturated rings. The first kappa shape index (κ1) is 26.0. The summed E-state index contributed by atoms with van der Waals surface area (Å²) in [5.74, 6) is 1.27. The Bertz CT molecular complexity index is 782. The molecule has 2 aliphatic heterocycles. The summed E-state index contributed by atoms with van der Waals surface area (Å²) in [4.78, 5) is 2.32. The highest BCUT2D eigenvalue weighted by molar-refractivity contribution is 5.98. The lowest BCUT2D eigenvalue weighted by atomic mass is 9.96. The average Bonchev–Trinajstić information content (AvgIpc) is 3.02. The molecule has 0 amide bonds. The van der Waals surface area contributed by atoms with E-state index in [2.05, 4.69) is 60.6 Å². The second kappa shape index (κ2) is 13.3. The molecule has 0 aliphatic carbocycles. The maximum Gasteiger partial charge on any atom is 0.277 e. The number of aliphatic hydroxyl groups is 1.